The predicted octanol–water partition coefficient (Wildman–Crippen LogP) is -2.45. The molecule has 1 aromatic carbocycles. The van der Waals surface area contributed by atoms with Crippen molar-refractivity contribution in [1.29, 1.82) is 0 Å². The Morgan fingerprint density at radius 3 is 2.26 bits per heavy atom. The lowest BCUT2D eigenvalue weighted by molar-refractivity contribution is -0.143. The SMILES string of the molecule is NC(N)=NCCCC(NC(=O)C(CS)NC(=O)C(N)Cc1c[nH]c2ccccc12)C(=O)NC(CO)C(=O)O. The van der Waals surface area contributed by atoms with Gasteiger partial charge in [-0.3, -0.25) is 19.4 Å². The Balaban J connectivity index is 2.05. The number of rotatable bonds is 15. The van der Waals surface area contributed by atoms with Crippen molar-refractivity contribution in [2.45, 2.75) is 43.4 Å². The fourth-order valence-corrected chi connectivity index (χ4v) is 3.86. The van der Waals surface area contributed by atoms with Gasteiger partial charge in [0, 0.05) is 29.4 Å². The van der Waals surface area contributed by atoms with E-state index in [-0.39, 0.29) is 37.5 Å². The van der Waals surface area contributed by atoms with Crippen LogP contribution in [0.5, 0.6) is 0 Å². The topological polar surface area (TPSA) is 251 Å². The Morgan fingerprint density at radius 2 is 1.63 bits per heavy atom. The van der Waals surface area contributed by atoms with Crippen LogP contribution in [0.3, 0.4) is 0 Å². The third-order valence-electron chi connectivity index (χ3n) is 5.64. The van der Waals surface area contributed by atoms with E-state index < -0.39 is 54.5 Å². The lowest BCUT2D eigenvalue weighted by atomic mass is 10.0. The number of aliphatic imine (C=N–C) groups is 1. The highest BCUT2D eigenvalue weighted by atomic mass is 32.1. The van der Waals surface area contributed by atoms with E-state index in [1.807, 2.05) is 24.3 Å². The van der Waals surface area contributed by atoms with E-state index >= 15 is 0 Å². The highest BCUT2D eigenvalue weighted by Crippen LogP contribution is 2.18. The van der Waals surface area contributed by atoms with Gasteiger partial charge >= 0.3 is 5.97 Å². The number of nitrogens with one attached hydrogen (secondary N) is 4. The number of guanidine groups is 1. The summed E-state index contributed by atoms with van der Waals surface area (Å²) >= 11 is 4.14. The maximum atomic E-state index is 12.9. The summed E-state index contributed by atoms with van der Waals surface area (Å²) in [6.07, 6.45) is 2.28. The third kappa shape index (κ3) is 8.93. The van der Waals surface area contributed by atoms with Gasteiger partial charge in [-0.25, -0.2) is 4.79 Å². The van der Waals surface area contributed by atoms with E-state index in [1.165, 1.54) is 0 Å². The van der Waals surface area contributed by atoms with Gasteiger partial charge in [-0.05, 0) is 30.9 Å². The molecule has 208 valence electrons. The second-order valence-electron chi connectivity index (χ2n) is 8.51. The molecule has 14 nitrogen and oxygen atoms in total. The summed E-state index contributed by atoms with van der Waals surface area (Å²) in [7, 11) is 0. The quantitative estimate of drug-likeness (QED) is 0.0488. The molecule has 15 heteroatoms. The number of carboxylic acid groups (broad SMARTS) is 1. The zero-order valence-electron chi connectivity index (χ0n) is 20.6. The molecule has 0 fully saturated rings. The summed E-state index contributed by atoms with van der Waals surface area (Å²) in [5.41, 5.74) is 18.4. The molecule has 1 aromatic heterocycles. The number of H-pyrrole nitrogens is 1. The molecular weight excluding hydrogens is 516 g/mol. The number of aromatic amines is 1. The molecule has 0 saturated carbocycles. The average molecular weight is 551 g/mol. The van der Waals surface area contributed by atoms with E-state index in [2.05, 4.69) is 38.6 Å². The molecule has 0 bridgehead atoms. The van der Waals surface area contributed by atoms with Gasteiger partial charge in [0.15, 0.2) is 5.96 Å². The molecule has 4 unspecified atom stereocenters. The molecule has 0 spiro atoms. The minimum Gasteiger partial charge on any atom is -0.480 e. The van der Waals surface area contributed by atoms with E-state index in [4.69, 9.17) is 22.3 Å². The Bertz CT molecular complexity index is 1150. The van der Waals surface area contributed by atoms with Gasteiger partial charge < -0.3 is 48.3 Å². The third-order valence-corrected chi connectivity index (χ3v) is 6.01. The number of amides is 3. The van der Waals surface area contributed by atoms with Crippen LogP contribution in [0.4, 0.5) is 0 Å². The number of hydrogen-bond acceptors (Lipinski definition) is 8. The maximum absolute atomic E-state index is 12.9. The Labute approximate surface area is 224 Å². The molecule has 12 N–H and O–H groups in total. The maximum Gasteiger partial charge on any atom is 0.328 e. The van der Waals surface area contributed by atoms with Crippen LogP contribution in [0.25, 0.3) is 10.9 Å². The highest BCUT2D eigenvalue weighted by molar-refractivity contribution is 7.80. The van der Waals surface area contributed by atoms with Crippen LogP contribution in [0.15, 0.2) is 35.5 Å². The second-order valence-corrected chi connectivity index (χ2v) is 8.87. The standard InChI is InChI=1S/C23H34N8O6S/c24-14(8-12-9-28-15-5-2-1-4-13(12)15)19(33)31-18(11-38)21(35)29-16(6-3-7-27-23(25)26)20(34)30-17(10-32)22(36)37/h1-2,4-5,9,14,16-18,28,32,38H,3,6-8,10-11,24H2,(H,29,35)(H,30,34)(H,31,33)(H,36,37)(H4,25,26,27). The fourth-order valence-electron chi connectivity index (χ4n) is 3.61. The molecule has 0 aliphatic heterocycles. The van der Waals surface area contributed by atoms with E-state index in [0.29, 0.717) is 0 Å². The Hall–Kier alpha value is -3.82. The number of aromatic nitrogens is 1. The second kappa shape index (κ2) is 14.8. The number of aliphatic hydroxyl groups is 1. The van der Waals surface area contributed by atoms with Crippen molar-refractivity contribution in [1.82, 2.24) is 20.9 Å². The Morgan fingerprint density at radius 1 is 1.00 bits per heavy atom. The molecule has 0 radical (unpaired) electrons. The molecule has 0 aliphatic rings. The smallest absolute Gasteiger partial charge is 0.328 e. The van der Waals surface area contributed by atoms with Crippen molar-refractivity contribution in [2.75, 3.05) is 18.9 Å². The van der Waals surface area contributed by atoms with E-state index in [9.17, 15) is 24.3 Å². The fraction of sp³-hybridized carbons (Fsp3) is 0.435. The number of para-hydroxylation sites is 1. The molecule has 1 heterocycles. The molecule has 2 aromatic rings. The van der Waals surface area contributed by atoms with Crippen molar-refractivity contribution in [2.24, 2.45) is 22.2 Å². The van der Waals surface area contributed by atoms with Crippen molar-refractivity contribution >= 4 is 53.2 Å². The number of carboxylic acids is 1. The molecular formula is C23H34N8O6S. The normalized spacial score (nSPS) is 14.1. The molecule has 4 atom stereocenters. The zero-order chi connectivity index (χ0) is 28.2. The van der Waals surface area contributed by atoms with Gasteiger partial charge in [0.2, 0.25) is 17.7 Å². The van der Waals surface area contributed by atoms with Gasteiger partial charge in [0.1, 0.15) is 18.1 Å². The number of carbonyl (C=O) groups excluding carboxylic acids is 3. The van der Waals surface area contributed by atoms with Crippen LogP contribution in [0.2, 0.25) is 0 Å². The number of benzene rings is 1. The Kier molecular flexibility index (Phi) is 11.8. The minimum absolute atomic E-state index is 0.0411. The number of aliphatic hydroxyl groups excluding tert-OH is 1. The van der Waals surface area contributed by atoms with Crippen LogP contribution in [-0.2, 0) is 25.6 Å². The number of fused-ring (bicyclic) bond motifs is 1. The van der Waals surface area contributed by atoms with Gasteiger partial charge in [-0.2, -0.15) is 12.6 Å². The molecule has 38 heavy (non-hydrogen) atoms. The highest BCUT2D eigenvalue weighted by Gasteiger charge is 2.29. The van der Waals surface area contributed by atoms with Crippen LogP contribution >= 0.6 is 12.6 Å². The summed E-state index contributed by atoms with van der Waals surface area (Å²) in [4.78, 5) is 56.5. The molecule has 0 saturated heterocycles. The van der Waals surface area contributed by atoms with Crippen molar-refractivity contribution in [3.63, 3.8) is 0 Å². The first-order valence-corrected chi connectivity index (χ1v) is 12.4. The van der Waals surface area contributed by atoms with Gasteiger partial charge in [0.25, 0.3) is 0 Å². The zero-order valence-corrected chi connectivity index (χ0v) is 21.5. The first-order chi connectivity index (χ1) is 18.1. The molecule has 2 rings (SSSR count). The number of carbonyl (C=O) groups is 4. The summed E-state index contributed by atoms with van der Waals surface area (Å²) < 4.78 is 0. The first kappa shape index (κ1) is 30.4. The number of nitrogens with two attached hydrogens (primary N) is 3. The summed E-state index contributed by atoms with van der Waals surface area (Å²) in [6, 6.07) is 2.67. The van der Waals surface area contributed by atoms with Gasteiger partial charge in [-0.1, -0.05) is 18.2 Å². The molecule has 3 amide bonds. The minimum atomic E-state index is -1.57. The number of hydrogen-bond donors (Lipinski definition) is 10. The number of aliphatic carboxylic acids is 1. The molecule has 0 aliphatic carbocycles. The predicted molar refractivity (Wildman–Crippen MR) is 144 cm³/mol. The average Bonchev–Trinajstić information content (AvgIpc) is 3.29. The van der Waals surface area contributed by atoms with Crippen LogP contribution in [0, 0.1) is 0 Å². The summed E-state index contributed by atoms with van der Waals surface area (Å²) in [6.45, 7) is -0.695. The van der Waals surface area contributed by atoms with Crippen LogP contribution in [-0.4, -0.2) is 87.9 Å². The van der Waals surface area contributed by atoms with E-state index in [1.54, 1.807) is 6.20 Å². The summed E-state index contributed by atoms with van der Waals surface area (Å²) in [5.74, 6) is -3.87. The number of nitrogens with zero attached hydrogens (tertiary/aromatic N) is 1. The van der Waals surface area contributed by atoms with Crippen LogP contribution in [0.1, 0.15) is 18.4 Å². The number of thiol groups is 1. The van der Waals surface area contributed by atoms with E-state index in [0.717, 1.165) is 16.5 Å². The monoisotopic (exact) mass is 550 g/mol. The van der Waals surface area contributed by atoms with Crippen molar-refractivity contribution in [3.05, 3.63) is 36.0 Å². The van der Waals surface area contributed by atoms with Crippen LogP contribution < -0.4 is 33.2 Å². The lowest BCUT2D eigenvalue weighted by Gasteiger charge is -2.24. The van der Waals surface area contributed by atoms with Gasteiger partial charge in [0.05, 0.1) is 12.6 Å². The lowest BCUT2D eigenvalue weighted by Crippen LogP contribution is -2.58. The summed E-state index contributed by atoms with van der Waals surface area (Å²) in [5, 5.41) is 26.4. The largest absolute Gasteiger partial charge is 0.480 e. The van der Waals surface area contributed by atoms with Crippen molar-refractivity contribution in [3.8, 4) is 0 Å². The van der Waals surface area contributed by atoms with Crippen molar-refractivity contribution < 1.29 is 29.4 Å². The first-order valence-electron chi connectivity index (χ1n) is 11.8. The van der Waals surface area contributed by atoms with Gasteiger partial charge in [-0.15, -0.1) is 0 Å².